The van der Waals surface area contributed by atoms with Gasteiger partial charge in [0.2, 0.25) is 0 Å². The maximum Gasteiger partial charge on any atom is 0.0624 e. The molecule has 2 rings (SSSR count). The van der Waals surface area contributed by atoms with Crippen LogP contribution in [0.1, 0.15) is 31.7 Å². The molecule has 0 radical (unpaired) electrons. The SMILES string of the molecule is CCCNC(CO)(CSCc1ccc(Cl)cc1)C1CC1. The van der Waals surface area contributed by atoms with E-state index in [-0.39, 0.29) is 12.1 Å². The van der Waals surface area contributed by atoms with Gasteiger partial charge >= 0.3 is 0 Å². The van der Waals surface area contributed by atoms with Crippen LogP contribution in [0.4, 0.5) is 0 Å². The molecule has 0 aliphatic heterocycles. The van der Waals surface area contributed by atoms with Gasteiger partial charge in [0.15, 0.2) is 0 Å². The van der Waals surface area contributed by atoms with Gasteiger partial charge in [-0.25, -0.2) is 0 Å². The summed E-state index contributed by atoms with van der Waals surface area (Å²) in [5.74, 6) is 2.59. The highest BCUT2D eigenvalue weighted by molar-refractivity contribution is 7.98. The molecule has 1 fully saturated rings. The van der Waals surface area contributed by atoms with Crippen molar-refractivity contribution in [3.8, 4) is 0 Å². The standard InChI is InChI=1S/C16H24ClNOS/c1-2-9-18-16(11-19,14-5-6-14)12-20-10-13-3-7-15(17)8-4-13/h3-4,7-8,14,18-19H,2,5-6,9-12H2,1H3. The number of rotatable bonds is 9. The summed E-state index contributed by atoms with van der Waals surface area (Å²) in [7, 11) is 0. The van der Waals surface area contributed by atoms with E-state index in [1.54, 1.807) is 0 Å². The molecular weight excluding hydrogens is 290 g/mol. The Labute approximate surface area is 131 Å². The van der Waals surface area contributed by atoms with Crippen molar-refractivity contribution in [1.82, 2.24) is 5.32 Å². The fourth-order valence-electron chi connectivity index (χ4n) is 2.49. The lowest BCUT2D eigenvalue weighted by Gasteiger charge is -2.33. The number of hydrogen-bond acceptors (Lipinski definition) is 3. The van der Waals surface area contributed by atoms with E-state index in [0.717, 1.165) is 29.5 Å². The van der Waals surface area contributed by atoms with Crippen LogP contribution in [0.15, 0.2) is 24.3 Å². The van der Waals surface area contributed by atoms with Crippen molar-refractivity contribution in [2.75, 3.05) is 18.9 Å². The van der Waals surface area contributed by atoms with Crippen molar-refractivity contribution in [3.63, 3.8) is 0 Å². The van der Waals surface area contributed by atoms with Gasteiger partial charge in [0.25, 0.3) is 0 Å². The summed E-state index contributed by atoms with van der Waals surface area (Å²) >= 11 is 7.79. The molecule has 1 aliphatic carbocycles. The first kappa shape index (κ1) is 16.2. The van der Waals surface area contributed by atoms with Crippen LogP contribution in [0.3, 0.4) is 0 Å². The molecular formula is C16H24ClNOS. The first-order chi connectivity index (χ1) is 9.70. The number of hydrogen-bond donors (Lipinski definition) is 2. The second-order valence-corrected chi connectivity index (χ2v) is 7.06. The summed E-state index contributed by atoms with van der Waals surface area (Å²) < 4.78 is 0. The number of thioether (sulfide) groups is 1. The average molecular weight is 314 g/mol. The van der Waals surface area contributed by atoms with Gasteiger partial charge in [-0.15, -0.1) is 0 Å². The molecule has 1 saturated carbocycles. The molecule has 0 amide bonds. The van der Waals surface area contributed by atoms with Gasteiger partial charge in [-0.2, -0.15) is 11.8 Å². The first-order valence-electron chi connectivity index (χ1n) is 7.38. The molecule has 0 aromatic heterocycles. The monoisotopic (exact) mass is 313 g/mol. The van der Waals surface area contributed by atoms with Gasteiger partial charge in [0, 0.05) is 16.5 Å². The lowest BCUT2D eigenvalue weighted by molar-refractivity contribution is 0.159. The zero-order valence-corrected chi connectivity index (χ0v) is 13.6. The van der Waals surface area contributed by atoms with Gasteiger partial charge in [-0.05, 0) is 49.4 Å². The van der Waals surface area contributed by atoms with Crippen molar-refractivity contribution < 1.29 is 5.11 Å². The van der Waals surface area contributed by atoms with Crippen LogP contribution in [-0.2, 0) is 5.75 Å². The van der Waals surface area contributed by atoms with Crippen LogP contribution in [0.5, 0.6) is 0 Å². The largest absolute Gasteiger partial charge is 0.394 e. The fraction of sp³-hybridized carbons (Fsp3) is 0.625. The van der Waals surface area contributed by atoms with E-state index in [1.165, 1.54) is 18.4 Å². The highest BCUT2D eigenvalue weighted by Crippen LogP contribution is 2.41. The first-order valence-corrected chi connectivity index (χ1v) is 8.91. The molecule has 112 valence electrons. The van der Waals surface area contributed by atoms with E-state index in [4.69, 9.17) is 11.6 Å². The van der Waals surface area contributed by atoms with Crippen molar-refractivity contribution in [3.05, 3.63) is 34.9 Å². The molecule has 0 bridgehead atoms. The predicted molar refractivity (Wildman–Crippen MR) is 88.4 cm³/mol. The van der Waals surface area contributed by atoms with E-state index in [9.17, 15) is 5.11 Å². The van der Waals surface area contributed by atoms with Crippen LogP contribution >= 0.6 is 23.4 Å². The molecule has 1 aromatic rings. The highest BCUT2D eigenvalue weighted by Gasteiger charge is 2.44. The summed E-state index contributed by atoms with van der Waals surface area (Å²) in [5, 5.41) is 14.2. The number of halogens is 1. The molecule has 0 saturated heterocycles. The maximum atomic E-state index is 9.85. The third-order valence-corrected chi connectivity index (χ3v) is 5.42. The smallest absolute Gasteiger partial charge is 0.0624 e. The van der Waals surface area contributed by atoms with Gasteiger partial charge < -0.3 is 10.4 Å². The summed E-state index contributed by atoms with van der Waals surface area (Å²) in [6, 6.07) is 8.03. The van der Waals surface area contributed by atoms with Crippen molar-refractivity contribution >= 4 is 23.4 Å². The third-order valence-electron chi connectivity index (χ3n) is 3.91. The highest BCUT2D eigenvalue weighted by atomic mass is 35.5. The maximum absolute atomic E-state index is 9.85. The van der Waals surface area contributed by atoms with Crippen LogP contribution < -0.4 is 5.32 Å². The molecule has 2 nitrogen and oxygen atoms in total. The summed E-state index contributed by atoms with van der Waals surface area (Å²) in [5.41, 5.74) is 1.21. The van der Waals surface area contributed by atoms with Gasteiger partial charge in [0.1, 0.15) is 0 Å². The summed E-state index contributed by atoms with van der Waals surface area (Å²) in [6.07, 6.45) is 3.61. The molecule has 1 aromatic carbocycles. The van der Waals surface area contributed by atoms with E-state index in [0.29, 0.717) is 5.92 Å². The molecule has 0 spiro atoms. The Morgan fingerprint density at radius 2 is 2.05 bits per heavy atom. The fourth-order valence-corrected chi connectivity index (χ4v) is 3.93. The minimum Gasteiger partial charge on any atom is -0.394 e. The Morgan fingerprint density at radius 1 is 1.35 bits per heavy atom. The second-order valence-electron chi connectivity index (χ2n) is 5.63. The Bertz CT molecular complexity index is 407. The lowest BCUT2D eigenvalue weighted by atomic mass is 9.96. The zero-order valence-electron chi connectivity index (χ0n) is 12.1. The quantitative estimate of drug-likeness (QED) is 0.729. The molecule has 1 unspecified atom stereocenters. The summed E-state index contributed by atoms with van der Waals surface area (Å²) in [4.78, 5) is 0. The normalized spacial score (nSPS) is 17.9. The molecule has 1 aliphatic rings. The Hall–Kier alpha value is -0.220. The van der Waals surface area contributed by atoms with Gasteiger partial charge in [-0.3, -0.25) is 0 Å². The molecule has 2 N–H and O–H groups in total. The zero-order chi connectivity index (χ0) is 14.4. The Kier molecular flexibility index (Phi) is 6.21. The van der Waals surface area contributed by atoms with Crippen molar-refractivity contribution in [2.45, 2.75) is 37.5 Å². The van der Waals surface area contributed by atoms with Gasteiger partial charge in [-0.1, -0.05) is 30.7 Å². The van der Waals surface area contributed by atoms with Crippen LogP contribution in [0, 0.1) is 5.92 Å². The number of aliphatic hydroxyl groups is 1. The number of benzene rings is 1. The topological polar surface area (TPSA) is 32.3 Å². The minimum atomic E-state index is -0.0763. The molecule has 1 atom stereocenters. The Balaban J connectivity index is 1.86. The van der Waals surface area contributed by atoms with Crippen LogP contribution in [0.25, 0.3) is 0 Å². The van der Waals surface area contributed by atoms with Crippen molar-refractivity contribution in [2.24, 2.45) is 5.92 Å². The number of nitrogens with one attached hydrogen (secondary N) is 1. The van der Waals surface area contributed by atoms with E-state index in [1.807, 2.05) is 23.9 Å². The van der Waals surface area contributed by atoms with Crippen molar-refractivity contribution in [1.29, 1.82) is 0 Å². The number of aliphatic hydroxyl groups excluding tert-OH is 1. The summed E-state index contributed by atoms with van der Waals surface area (Å²) in [6.45, 7) is 3.40. The van der Waals surface area contributed by atoms with Gasteiger partial charge in [0.05, 0.1) is 12.1 Å². The molecule has 20 heavy (non-hydrogen) atoms. The predicted octanol–water partition coefficient (Wildman–Crippen LogP) is 3.71. The van der Waals surface area contributed by atoms with Crippen LogP contribution in [0.2, 0.25) is 5.02 Å². The second kappa shape index (κ2) is 7.69. The molecule has 4 heteroatoms. The van der Waals surface area contributed by atoms with E-state index >= 15 is 0 Å². The van der Waals surface area contributed by atoms with E-state index in [2.05, 4.69) is 24.4 Å². The van der Waals surface area contributed by atoms with E-state index < -0.39 is 0 Å². The Morgan fingerprint density at radius 3 is 2.60 bits per heavy atom. The minimum absolute atomic E-state index is 0.0763. The molecule has 0 heterocycles. The average Bonchev–Trinajstić information content (AvgIpc) is 3.30. The lowest BCUT2D eigenvalue weighted by Crippen LogP contribution is -2.53. The third kappa shape index (κ3) is 4.39. The van der Waals surface area contributed by atoms with Crippen LogP contribution in [-0.4, -0.2) is 29.5 Å².